The Hall–Kier alpha value is -2.12. The Morgan fingerprint density at radius 1 is 1.15 bits per heavy atom. The van der Waals surface area contributed by atoms with Gasteiger partial charge >= 0.3 is 0 Å². The topological polar surface area (TPSA) is 71.1 Å². The van der Waals surface area contributed by atoms with Gasteiger partial charge in [-0.25, -0.2) is 0 Å². The quantitative estimate of drug-likeness (QED) is 0.702. The lowest BCUT2D eigenvalue weighted by Crippen LogP contribution is -2.47. The van der Waals surface area contributed by atoms with E-state index >= 15 is 0 Å². The molecule has 2 aliphatic carbocycles. The number of rotatable bonds is 5. The standard InChI is InChI=1S/C27H41N3O4/c1-18-14-30(15-20-7-5-6-8-20)19(2)17-34-24-12-11-22(28-26(31)21-9-10-21)13-23(24)27(32)29(3)16-25(18)33-4/h11-13,18-21,25H,5-10,14-17H2,1-4H3,(H,28,31)/t18-,19+,25-/m0/s1. The Bertz CT molecular complexity index is 865. The number of nitrogens with zero attached hydrogens (tertiary/aromatic N) is 2. The number of carbonyl (C=O) groups is 2. The highest BCUT2D eigenvalue weighted by Crippen LogP contribution is 2.32. The highest BCUT2D eigenvalue weighted by atomic mass is 16.5. The number of carbonyl (C=O) groups excluding carboxylic acids is 2. The van der Waals surface area contributed by atoms with Crippen molar-refractivity contribution < 1.29 is 19.1 Å². The highest BCUT2D eigenvalue weighted by Gasteiger charge is 2.31. The van der Waals surface area contributed by atoms with Crippen LogP contribution >= 0.6 is 0 Å². The maximum Gasteiger partial charge on any atom is 0.257 e. The molecule has 7 nitrogen and oxygen atoms in total. The van der Waals surface area contributed by atoms with Gasteiger partial charge in [-0.15, -0.1) is 0 Å². The molecule has 0 saturated heterocycles. The van der Waals surface area contributed by atoms with Crippen LogP contribution in [0.5, 0.6) is 5.75 Å². The van der Waals surface area contributed by atoms with Gasteiger partial charge in [-0.05, 0) is 62.6 Å². The fraction of sp³-hybridized carbons (Fsp3) is 0.704. The fourth-order valence-corrected chi connectivity index (χ4v) is 5.30. The van der Waals surface area contributed by atoms with Gasteiger partial charge < -0.3 is 19.7 Å². The Kier molecular flexibility index (Phi) is 8.14. The first-order chi connectivity index (χ1) is 16.4. The van der Waals surface area contributed by atoms with Gasteiger partial charge in [0.15, 0.2) is 0 Å². The van der Waals surface area contributed by atoms with Crippen LogP contribution in [0.1, 0.15) is 62.7 Å². The van der Waals surface area contributed by atoms with Crippen molar-refractivity contribution in [2.24, 2.45) is 17.8 Å². The summed E-state index contributed by atoms with van der Waals surface area (Å²) in [6.45, 7) is 7.44. The molecule has 34 heavy (non-hydrogen) atoms. The Morgan fingerprint density at radius 3 is 2.56 bits per heavy atom. The molecule has 2 fully saturated rings. The lowest BCUT2D eigenvalue weighted by molar-refractivity contribution is -0.117. The second-order valence-electron chi connectivity index (χ2n) is 10.7. The van der Waals surface area contributed by atoms with Gasteiger partial charge in [0.1, 0.15) is 12.4 Å². The molecular weight excluding hydrogens is 430 g/mol. The number of amides is 2. The van der Waals surface area contributed by atoms with E-state index < -0.39 is 0 Å². The molecule has 0 spiro atoms. The maximum absolute atomic E-state index is 13.4. The smallest absolute Gasteiger partial charge is 0.257 e. The molecule has 0 aromatic heterocycles. The van der Waals surface area contributed by atoms with E-state index in [0.29, 0.717) is 30.2 Å². The van der Waals surface area contributed by atoms with Gasteiger partial charge in [0.05, 0.1) is 11.7 Å². The molecule has 1 N–H and O–H groups in total. The number of likely N-dealkylation sites (N-methyl/N-ethyl adjacent to an activating group) is 1. The number of fused-ring (bicyclic) bond motifs is 1. The molecule has 1 aromatic rings. The monoisotopic (exact) mass is 471 g/mol. The van der Waals surface area contributed by atoms with Crippen LogP contribution in [0.15, 0.2) is 18.2 Å². The Morgan fingerprint density at radius 2 is 1.88 bits per heavy atom. The van der Waals surface area contributed by atoms with Crippen LogP contribution in [0.3, 0.4) is 0 Å². The third-order valence-corrected chi connectivity index (χ3v) is 7.76. The number of nitrogens with one attached hydrogen (secondary N) is 1. The summed E-state index contributed by atoms with van der Waals surface area (Å²) in [6, 6.07) is 5.63. The molecule has 3 aliphatic rings. The largest absolute Gasteiger partial charge is 0.491 e. The number of benzene rings is 1. The molecular formula is C27H41N3O4. The lowest BCUT2D eigenvalue weighted by Gasteiger charge is -2.37. The van der Waals surface area contributed by atoms with Crippen molar-refractivity contribution in [2.75, 3.05) is 45.7 Å². The fourth-order valence-electron chi connectivity index (χ4n) is 5.30. The van der Waals surface area contributed by atoms with Crippen molar-refractivity contribution in [1.29, 1.82) is 0 Å². The summed E-state index contributed by atoms with van der Waals surface area (Å²) in [5, 5.41) is 2.96. The number of ether oxygens (including phenoxy) is 2. The summed E-state index contributed by atoms with van der Waals surface area (Å²) < 4.78 is 12.1. The van der Waals surface area contributed by atoms with Crippen LogP contribution in [-0.4, -0.2) is 74.2 Å². The zero-order valence-electron chi connectivity index (χ0n) is 21.2. The zero-order valence-corrected chi connectivity index (χ0v) is 21.2. The van der Waals surface area contributed by atoms with Crippen LogP contribution in [0, 0.1) is 17.8 Å². The van der Waals surface area contributed by atoms with E-state index in [4.69, 9.17) is 9.47 Å². The number of anilines is 1. The van der Waals surface area contributed by atoms with Gasteiger partial charge in [0, 0.05) is 51.4 Å². The molecule has 188 valence electrons. The summed E-state index contributed by atoms with van der Waals surface area (Å²) in [6.07, 6.45) is 7.09. The molecule has 7 heteroatoms. The van der Waals surface area contributed by atoms with Crippen molar-refractivity contribution in [1.82, 2.24) is 9.80 Å². The van der Waals surface area contributed by atoms with Crippen molar-refractivity contribution in [3.63, 3.8) is 0 Å². The molecule has 0 unspecified atom stereocenters. The SMILES string of the molecule is CO[C@H]1CN(C)C(=O)c2cc(NC(=O)C3CC3)ccc2OC[C@@H](C)N(CC2CCCC2)C[C@@H]1C. The number of hydrogen-bond acceptors (Lipinski definition) is 5. The van der Waals surface area contributed by atoms with Gasteiger partial charge in [0.25, 0.3) is 5.91 Å². The van der Waals surface area contributed by atoms with Crippen LogP contribution in [0.2, 0.25) is 0 Å². The molecule has 1 heterocycles. The number of hydrogen-bond donors (Lipinski definition) is 1. The molecule has 0 bridgehead atoms. The molecule has 1 aromatic carbocycles. The minimum Gasteiger partial charge on any atom is -0.491 e. The van der Waals surface area contributed by atoms with Gasteiger partial charge in [-0.2, -0.15) is 0 Å². The average molecular weight is 472 g/mol. The van der Waals surface area contributed by atoms with Crippen LogP contribution < -0.4 is 10.1 Å². The van der Waals surface area contributed by atoms with Crippen LogP contribution in [-0.2, 0) is 9.53 Å². The first kappa shape index (κ1) is 25.0. The van der Waals surface area contributed by atoms with E-state index in [1.165, 1.54) is 25.7 Å². The summed E-state index contributed by atoms with van der Waals surface area (Å²) >= 11 is 0. The summed E-state index contributed by atoms with van der Waals surface area (Å²) in [5.41, 5.74) is 1.12. The van der Waals surface area contributed by atoms with Gasteiger partial charge in [-0.3, -0.25) is 14.5 Å². The molecule has 0 radical (unpaired) electrons. The Balaban J connectivity index is 1.59. The molecule has 2 saturated carbocycles. The van der Waals surface area contributed by atoms with E-state index in [1.54, 1.807) is 18.1 Å². The van der Waals surface area contributed by atoms with Crippen molar-refractivity contribution in [3.05, 3.63) is 23.8 Å². The normalized spacial score (nSPS) is 27.5. The third-order valence-electron chi connectivity index (χ3n) is 7.76. The third kappa shape index (κ3) is 6.11. The molecule has 1 aliphatic heterocycles. The van der Waals surface area contributed by atoms with Crippen LogP contribution in [0.25, 0.3) is 0 Å². The minimum absolute atomic E-state index is 0.0271. The predicted octanol–water partition coefficient (Wildman–Crippen LogP) is 4.03. The van der Waals surface area contributed by atoms with E-state index in [2.05, 4.69) is 24.1 Å². The highest BCUT2D eigenvalue weighted by molar-refractivity contribution is 6.00. The summed E-state index contributed by atoms with van der Waals surface area (Å²) in [7, 11) is 3.55. The maximum atomic E-state index is 13.4. The first-order valence-electron chi connectivity index (χ1n) is 13.0. The second-order valence-corrected chi connectivity index (χ2v) is 10.7. The number of methoxy groups -OCH3 is 1. The summed E-state index contributed by atoms with van der Waals surface area (Å²) in [4.78, 5) is 30.0. The van der Waals surface area contributed by atoms with E-state index in [-0.39, 0.29) is 35.8 Å². The van der Waals surface area contributed by atoms with E-state index in [9.17, 15) is 9.59 Å². The predicted molar refractivity (Wildman–Crippen MR) is 133 cm³/mol. The molecule has 4 rings (SSSR count). The molecule has 2 amide bonds. The molecule has 3 atom stereocenters. The van der Waals surface area contributed by atoms with Crippen molar-refractivity contribution in [3.8, 4) is 5.75 Å². The second kappa shape index (κ2) is 11.1. The van der Waals surface area contributed by atoms with E-state index in [1.807, 2.05) is 19.2 Å². The van der Waals surface area contributed by atoms with Crippen molar-refractivity contribution in [2.45, 2.75) is 64.5 Å². The minimum atomic E-state index is -0.122. The van der Waals surface area contributed by atoms with Crippen LogP contribution in [0.4, 0.5) is 5.69 Å². The summed E-state index contributed by atoms with van der Waals surface area (Å²) in [5.74, 6) is 1.59. The average Bonchev–Trinajstić information content (AvgIpc) is 3.56. The Labute approximate surface area is 204 Å². The first-order valence-corrected chi connectivity index (χ1v) is 13.0. The lowest BCUT2D eigenvalue weighted by atomic mass is 9.99. The van der Waals surface area contributed by atoms with Gasteiger partial charge in [0.2, 0.25) is 5.91 Å². The van der Waals surface area contributed by atoms with Crippen molar-refractivity contribution >= 4 is 17.5 Å². The van der Waals surface area contributed by atoms with Gasteiger partial charge in [-0.1, -0.05) is 19.8 Å². The van der Waals surface area contributed by atoms with E-state index in [0.717, 1.165) is 31.8 Å². The zero-order chi connectivity index (χ0) is 24.2.